The summed E-state index contributed by atoms with van der Waals surface area (Å²) in [4.78, 5) is 14.2. The van der Waals surface area contributed by atoms with Crippen LogP contribution in [0.4, 0.5) is 28.1 Å². The summed E-state index contributed by atoms with van der Waals surface area (Å²) >= 11 is 1.52. The molecule has 0 spiro atoms. The average molecular weight is 448 g/mol. The van der Waals surface area contributed by atoms with Crippen molar-refractivity contribution in [2.45, 2.75) is 32.6 Å². The summed E-state index contributed by atoms with van der Waals surface area (Å²) in [5.41, 5.74) is 8.17. The Bertz CT molecular complexity index is 1100. The lowest BCUT2D eigenvalue weighted by Gasteiger charge is -2.18. The number of benzene rings is 1. The molecule has 0 aliphatic rings. The van der Waals surface area contributed by atoms with Crippen LogP contribution >= 0.6 is 11.3 Å². The van der Waals surface area contributed by atoms with E-state index in [1.165, 1.54) is 22.0 Å². The van der Waals surface area contributed by atoms with Crippen molar-refractivity contribution in [1.29, 1.82) is 0 Å². The molecule has 4 N–H and O–H groups in total. The second-order valence-electron chi connectivity index (χ2n) is 6.51. The second-order valence-corrected chi connectivity index (χ2v) is 9.65. The quantitative estimate of drug-likeness (QED) is 0.478. The van der Waals surface area contributed by atoms with E-state index < -0.39 is 10.0 Å². The largest absolute Gasteiger partial charge is 0.393 e. The predicted octanol–water partition coefficient (Wildman–Crippen LogP) is 3.65. The number of hydrogen-bond donors (Lipinski definition) is 3. The standard InChI is InChI=1S/C19H25N7O2S2/c1-5-26(6-2)30(27,28)15-9-7-14(8-10-15)24-17-16(20)18(22-11-21-17)25-19-23-12(3)13(4)29-19/h7-11H,5-6,20H2,1-4H3,(H2,21,22,23,24,25). The molecule has 0 radical (unpaired) electrons. The molecule has 0 unspecified atom stereocenters. The van der Waals surface area contributed by atoms with Gasteiger partial charge in [0.25, 0.3) is 0 Å². The van der Waals surface area contributed by atoms with Crippen LogP contribution < -0.4 is 16.4 Å². The van der Waals surface area contributed by atoms with Crippen molar-refractivity contribution in [3.05, 3.63) is 41.2 Å². The second kappa shape index (κ2) is 8.94. The molecule has 0 saturated carbocycles. The molecule has 0 aliphatic carbocycles. The average Bonchev–Trinajstić information content (AvgIpc) is 3.03. The zero-order valence-corrected chi connectivity index (χ0v) is 18.9. The van der Waals surface area contributed by atoms with Crippen molar-refractivity contribution in [1.82, 2.24) is 19.3 Å². The molecule has 0 atom stereocenters. The van der Waals surface area contributed by atoms with Crippen molar-refractivity contribution in [3.8, 4) is 0 Å². The Labute approximate surface area is 180 Å². The number of hydrogen-bond acceptors (Lipinski definition) is 9. The minimum atomic E-state index is -3.50. The summed E-state index contributed by atoms with van der Waals surface area (Å²) in [5, 5.41) is 6.93. The maximum absolute atomic E-state index is 12.6. The fourth-order valence-corrected chi connectivity index (χ4v) is 5.05. The molecule has 160 valence electrons. The van der Waals surface area contributed by atoms with Crippen LogP contribution in [0.1, 0.15) is 24.4 Å². The van der Waals surface area contributed by atoms with Gasteiger partial charge in [-0.25, -0.2) is 23.4 Å². The Kier molecular flexibility index (Phi) is 6.54. The van der Waals surface area contributed by atoms with Gasteiger partial charge in [0, 0.05) is 23.7 Å². The molecular formula is C19H25N7O2S2. The Morgan fingerprint density at radius 1 is 1.03 bits per heavy atom. The van der Waals surface area contributed by atoms with E-state index in [1.54, 1.807) is 24.3 Å². The SMILES string of the molecule is CCN(CC)S(=O)(=O)c1ccc(Nc2ncnc(Nc3nc(C)c(C)s3)c2N)cc1. The maximum Gasteiger partial charge on any atom is 0.243 e. The van der Waals surface area contributed by atoms with Crippen molar-refractivity contribution in [2.24, 2.45) is 0 Å². The summed E-state index contributed by atoms with van der Waals surface area (Å²) in [6.07, 6.45) is 1.40. The van der Waals surface area contributed by atoms with Crippen LogP contribution in [-0.4, -0.2) is 40.8 Å². The van der Waals surface area contributed by atoms with Gasteiger partial charge in [-0.15, -0.1) is 11.3 Å². The number of nitrogen functional groups attached to an aromatic ring is 1. The molecule has 0 aliphatic heterocycles. The van der Waals surface area contributed by atoms with Gasteiger partial charge in [0.1, 0.15) is 12.0 Å². The highest BCUT2D eigenvalue weighted by Crippen LogP contribution is 2.30. The molecule has 2 aromatic heterocycles. The minimum absolute atomic E-state index is 0.240. The van der Waals surface area contributed by atoms with Gasteiger partial charge in [-0.2, -0.15) is 4.31 Å². The van der Waals surface area contributed by atoms with E-state index in [1.807, 2.05) is 27.7 Å². The number of sulfonamides is 1. The molecule has 0 bridgehead atoms. The van der Waals surface area contributed by atoms with E-state index in [0.717, 1.165) is 10.6 Å². The molecule has 3 aromatic rings. The first-order valence-electron chi connectivity index (χ1n) is 9.45. The lowest BCUT2D eigenvalue weighted by atomic mass is 10.3. The number of nitrogens with one attached hydrogen (secondary N) is 2. The molecule has 0 fully saturated rings. The first-order valence-corrected chi connectivity index (χ1v) is 11.7. The van der Waals surface area contributed by atoms with Gasteiger partial charge in [-0.3, -0.25) is 0 Å². The van der Waals surface area contributed by atoms with Crippen LogP contribution in [0.15, 0.2) is 35.5 Å². The van der Waals surface area contributed by atoms with Crippen LogP contribution in [0.5, 0.6) is 0 Å². The fourth-order valence-electron chi connectivity index (χ4n) is 2.78. The van der Waals surface area contributed by atoms with Crippen molar-refractivity contribution >= 4 is 49.5 Å². The summed E-state index contributed by atoms with van der Waals surface area (Å²) in [7, 11) is -3.50. The van der Waals surface area contributed by atoms with Gasteiger partial charge in [0.15, 0.2) is 16.8 Å². The van der Waals surface area contributed by atoms with E-state index in [-0.39, 0.29) is 4.90 Å². The van der Waals surface area contributed by atoms with Crippen LogP contribution in [0.25, 0.3) is 0 Å². The molecule has 3 rings (SSSR count). The Hall–Kier alpha value is -2.76. The van der Waals surface area contributed by atoms with E-state index >= 15 is 0 Å². The maximum atomic E-state index is 12.6. The monoisotopic (exact) mass is 447 g/mol. The molecule has 0 amide bonds. The van der Waals surface area contributed by atoms with Crippen LogP contribution in [-0.2, 0) is 10.0 Å². The predicted molar refractivity (Wildman–Crippen MR) is 121 cm³/mol. The number of anilines is 5. The Balaban J connectivity index is 1.80. The molecule has 30 heavy (non-hydrogen) atoms. The van der Waals surface area contributed by atoms with Gasteiger partial charge in [0.05, 0.1) is 10.6 Å². The van der Waals surface area contributed by atoms with Gasteiger partial charge < -0.3 is 16.4 Å². The molecule has 9 nitrogen and oxygen atoms in total. The number of thiazole rings is 1. The fraction of sp³-hybridized carbons (Fsp3) is 0.316. The third-order valence-corrected chi connectivity index (χ3v) is 7.65. The molecule has 0 saturated heterocycles. The molecule has 11 heteroatoms. The van der Waals surface area contributed by atoms with E-state index in [0.29, 0.717) is 41.2 Å². The zero-order chi connectivity index (χ0) is 21.9. The van der Waals surface area contributed by atoms with Gasteiger partial charge in [-0.05, 0) is 38.1 Å². The first kappa shape index (κ1) is 21.9. The van der Waals surface area contributed by atoms with Crippen molar-refractivity contribution in [2.75, 3.05) is 29.5 Å². The minimum Gasteiger partial charge on any atom is -0.393 e. The molecule has 2 heterocycles. The summed E-state index contributed by atoms with van der Waals surface area (Å²) in [5.74, 6) is 0.860. The Morgan fingerprint density at radius 2 is 1.63 bits per heavy atom. The van der Waals surface area contributed by atoms with E-state index in [2.05, 4.69) is 25.6 Å². The first-order chi connectivity index (χ1) is 14.3. The highest BCUT2D eigenvalue weighted by molar-refractivity contribution is 7.89. The topological polar surface area (TPSA) is 126 Å². The van der Waals surface area contributed by atoms with Crippen molar-refractivity contribution < 1.29 is 8.42 Å². The van der Waals surface area contributed by atoms with Gasteiger partial charge in [0.2, 0.25) is 10.0 Å². The van der Waals surface area contributed by atoms with Crippen LogP contribution in [0, 0.1) is 13.8 Å². The number of nitrogens with zero attached hydrogens (tertiary/aromatic N) is 4. The third-order valence-electron chi connectivity index (χ3n) is 4.60. The zero-order valence-electron chi connectivity index (χ0n) is 17.3. The number of aryl methyl sites for hydroxylation is 2. The Morgan fingerprint density at radius 3 is 2.17 bits per heavy atom. The lowest BCUT2D eigenvalue weighted by molar-refractivity contribution is 0.445. The highest BCUT2D eigenvalue weighted by Gasteiger charge is 2.21. The molecule has 1 aromatic carbocycles. The number of aromatic nitrogens is 3. The third kappa shape index (κ3) is 4.53. The smallest absolute Gasteiger partial charge is 0.243 e. The number of rotatable bonds is 8. The summed E-state index contributed by atoms with van der Waals surface area (Å²) < 4.78 is 26.6. The van der Waals surface area contributed by atoms with Gasteiger partial charge >= 0.3 is 0 Å². The van der Waals surface area contributed by atoms with Gasteiger partial charge in [-0.1, -0.05) is 13.8 Å². The highest BCUT2D eigenvalue weighted by atomic mass is 32.2. The van der Waals surface area contributed by atoms with Crippen LogP contribution in [0.3, 0.4) is 0 Å². The van der Waals surface area contributed by atoms with E-state index in [9.17, 15) is 8.42 Å². The van der Waals surface area contributed by atoms with E-state index in [4.69, 9.17) is 5.73 Å². The van der Waals surface area contributed by atoms with Crippen LogP contribution in [0.2, 0.25) is 0 Å². The summed E-state index contributed by atoms with van der Waals surface area (Å²) in [6.45, 7) is 8.41. The lowest BCUT2D eigenvalue weighted by Crippen LogP contribution is -2.30. The van der Waals surface area contributed by atoms with Crippen molar-refractivity contribution in [3.63, 3.8) is 0 Å². The normalized spacial score (nSPS) is 11.6. The number of nitrogens with two attached hydrogens (primary N) is 1. The molecular weight excluding hydrogens is 422 g/mol. The summed E-state index contributed by atoms with van der Waals surface area (Å²) in [6, 6.07) is 6.48.